The molecule has 0 amide bonds. The topological polar surface area (TPSA) is 21.3 Å². The fourth-order valence-corrected chi connectivity index (χ4v) is 2.46. The molecule has 1 N–H and O–H groups in total. The highest BCUT2D eigenvalue weighted by Gasteiger charge is 2.00. The van der Waals surface area contributed by atoms with E-state index in [4.69, 9.17) is 4.74 Å². The van der Waals surface area contributed by atoms with Crippen molar-refractivity contribution in [2.24, 2.45) is 0 Å². The summed E-state index contributed by atoms with van der Waals surface area (Å²) in [7, 11) is 0. The van der Waals surface area contributed by atoms with E-state index in [1.54, 1.807) is 0 Å². The van der Waals surface area contributed by atoms with Crippen molar-refractivity contribution in [3.63, 3.8) is 0 Å². The Bertz CT molecular complexity index is 539. The van der Waals surface area contributed by atoms with Crippen molar-refractivity contribution in [1.82, 2.24) is 5.32 Å². The predicted octanol–water partition coefficient (Wildman–Crippen LogP) is 4.57. The van der Waals surface area contributed by atoms with E-state index >= 15 is 0 Å². The van der Waals surface area contributed by atoms with Crippen LogP contribution in [0, 0.1) is 0 Å². The molecule has 0 aliphatic heterocycles. The average Bonchev–Trinajstić information content (AvgIpc) is 2.52. The lowest BCUT2D eigenvalue weighted by Crippen LogP contribution is -2.17. The summed E-state index contributed by atoms with van der Waals surface area (Å²) in [6.45, 7) is 4.92. The van der Waals surface area contributed by atoms with Gasteiger partial charge in [-0.3, -0.25) is 0 Å². The molecule has 0 aliphatic rings. The summed E-state index contributed by atoms with van der Waals surface area (Å²) in [5.41, 5.74) is 2.55. The number of hydrogen-bond donors (Lipinski definition) is 1. The summed E-state index contributed by atoms with van der Waals surface area (Å²) in [4.78, 5) is 0. The number of rotatable bonds is 8. The third-order valence-corrected chi connectivity index (χ3v) is 3.93. The maximum atomic E-state index is 5.82. The summed E-state index contributed by atoms with van der Waals surface area (Å²) in [6, 6.07) is 16.6. The van der Waals surface area contributed by atoms with Crippen molar-refractivity contribution in [1.29, 1.82) is 0 Å². The molecule has 0 unspecified atom stereocenters. The van der Waals surface area contributed by atoms with Gasteiger partial charge < -0.3 is 10.1 Å². The number of halogens is 1. The maximum absolute atomic E-state index is 5.82. The summed E-state index contributed by atoms with van der Waals surface area (Å²) < 4.78 is 6.81. The smallest absolute Gasteiger partial charge is 0.133 e. The zero-order valence-corrected chi connectivity index (χ0v) is 14.0. The third-order valence-electron chi connectivity index (χ3n) is 3.27. The first-order valence-corrected chi connectivity index (χ1v) is 8.24. The SMILES string of the molecule is CCCNCCc1ccc(COc2ccccc2Br)cc1. The Kier molecular flexibility index (Phi) is 6.77. The number of nitrogens with one attached hydrogen (secondary N) is 1. The molecule has 2 aromatic rings. The lowest BCUT2D eigenvalue weighted by Gasteiger charge is -2.09. The minimum atomic E-state index is 0.594. The normalized spacial score (nSPS) is 10.6. The maximum Gasteiger partial charge on any atom is 0.133 e. The molecule has 0 saturated heterocycles. The summed E-state index contributed by atoms with van der Waals surface area (Å²) >= 11 is 3.49. The highest BCUT2D eigenvalue weighted by molar-refractivity contribution is 9.10. The van der Waals surface area contributed by atoms with E-state index in [2.05, 4.69) is 52.4 Å². The van der Waals surface area contributed by atoms with Crippen molar-refractivity contribution >= 4 is 15.9 Å². The molecule has 0 bridgehead atoms. The van der Waals surface area contributed by atoms with Crippen LogP contribution in [0.3, 0.4) is 0 Å². The van der Waals surface area contributed by atoms with Gasteiger partial charge in [0.25, 0.3) is 0 Å². The Morgan fingerprint density at radius 1 is 0.952 bits per heavy atom. The van der Waals surface area contributed by atoms with Gasteiger partial charge in [-0.05, 0) is 65.1 Å². The average molecular weight is 348 g/mol. The Balaban J connectivity index is 1.81. The lowest BCUT2D eigenvalue weighted by atomic mass is 10.1. The fraction of sp³-hybridized carbons (Fsp3) is 0.333. The minimum Gasteiger partial charge on any atom is -0.488 e. The lowest BCUT2D eigenvalue weighted by molar-refractivity contribution is 0.304. The highest BCUT2D eigenvalue weighted by atomic mass is 79.9. The molecule has 0 saturated carbocycles. The monoisotopic (exact) mass is 347 g/mol. The Labute approximate surface area is 135 Å². The Hall–Kier alpha value is -1.32. The Morgan fingerprint density at radius 3 is 2.38 bits per heavy atom. The molecule has 2 rings (SSSR count). The van der Waals surface area contributed by atoms with Crippen molar-refractivity contribution in [3.05, 3.63) is 64.1 Å². The van der Waals surface area contributed by atoms with Crippen LogP contribution in [0.15, 0.2) is 53.0 Å². The van der Waals surface area contributed by atoms with Crippen molar-refractivity contribution in [3.8, 4) is 5.75 Å². The van der Waals surface area contributed by atoms with Crippen LogP contribution in [-0.4, -0.2) is 13.1 Å². The van der Waals surface area contributed by atoms with Crippen molar-refractivity contribution < 1.29 is 4.74 Å². The molecule has 0 aliphatic carbocycles. The van der Waals surface area contributed by atoms with Gasteiger partial charge in [0, 0.05) is 0 Å². The van der Waals surface area contributed by atoms with Crippen LogP contribution in [0.5, 0.6) is 5.75 Å². The zero-order chi connectivity index (χ0) is 14.9. The van der Waals surface area contributed by atoms with E-state index in [1.165, 1.54) is 17.5 Å². The summed E-state index contributed by atoms with van der Waals surface area (Å²) in [5.74, 6) is 0.880. The van der Waals surface area contributed by atoms with Crippen molar-refractivity contribution in [2.45, 2.75) is 26.4 Å². The molecular formula is C18H22BrNO. The molecule has 2 aromatic carbocycles. The van der Waals surface area contributed by atoms with E-state index < -0.39 is 0 Å². The predicted molar refractivity (Wildman–Crippen MR) is 91.8 cm³/mol. The third kappa shape index (κ3) is 5.52. The van der Waals surface area contributed by atoms with Gasteiger partial charge in [0.15, 0.2) is 0 Å². The van der Waals surface area contributed by atoms with E-state index in [-0.39, 0.29) is 0 Å². The van der Waals surface area contributed by atoms with E-state index in [1.807, 2.05) is 24.3 Å². The summed E-state index contributed by atoms with van der Waals surface area (Å²) in [6.07, 6.45) is 2.26. The van der Waals surface area contributed by atoms with Gasteiger partial charge in [0.1, 0.15) is 12.4 Å². The molecule has 0 spiro atoms. The molecule has 112 valence electrons. The van der Waals surface area contributed by atoms with E-state index in [9.17, 15) is 0 Å². The first kappa shape index (κ1) is 16.1. The van der Waals surface area contributed by atoms with Gasteiger partial charge in [-0.15, -0.1) is 0 Å². The first-order valence-electron chi connectivity index (χ1n) is 7.45. The highest BCUT2D eigenvalue weighted by Crippen LogP contribution is 2.24. The number of para-hydroxylation sites is 1. The van der Waals surface area contributed by atoms with Gasteiger partial charge in [-0.25, -0.2) is 0 Å². The second-order valence-corrected chi connectivity index (χ2v) is 5.89. The fourth-order valence-electron chi connectivity index (χ4n) is 2.06. The molecule has 0 atom stereocenters. The molecule has 0 fully saturated rings. The Morgan fingerprint density at radius 2 is 1.67 bits per heavy atom. The van der Waals surface area contributed by atoms with Crippen LogP contribution in [0.2, 0.25) is 0 Å². The van der Waals surface area contributed by atoms with Crippen LogP contribution in [0.1, 0.15) is 24.5 Å². The van der Waals surface area contributed by atoms with Crippen LogP contribution in [0.25, 0.3) is 0 Å². The second kappa shape index (κ2) is 8.85. The number of benzene rings is 2. The zero-order valence-electron chi connectivity index (χ0n) is 12.4. The number of ether oxygens (including phenoxy) is 1. The summed E-state index contributed by atoms with van der Waals surface area (Å²) in [5, 5.41) is 3.42. The largest absolute Gasteiger partial charge is 0.488 e. The van der Waals surface area contributed by atoms with Gasteiger partial charge in [-0.1, -0.05) is 43.3 Å². The molecule has 0 heterocycles. The molecule has 21 heavy (non-hydrogen) atoms. The van der Waals surface area contributed by atoms with Gasteiger partial charge in [0.05, 0.1) is 4.47 Å². The quantitative estimate of drug-likeness (QED) is 0.706. The van der Waals surface area contributed by atoms with Gasteiger partial charge in [0.2, 0.25) is 0 Å². The molecule has 0 aromatic heterocycles. The standard InChI is InChI=1S/C18H22BrNO/c1-2-12-20-13-11-15-7-9-16(10-8-15)14-21-18-6-4-3-5-17(18)19/h3-10,20H,2,11-14H2,1H3. The van der Waals surface area contributed by atoms with Gasteiger partial charge in [-0.2, -0.15) is 0 Å². The van der Waals surface area contributed by atoms with E-state index in [0.717, 1.165) is 29.7 Å². The molecule has 2 nitrogen and oxygen atoms in total. The van der Waals surface area contributed by atoms with Gasteiger partial charge >= 0.3 is 0 Å². The van der Waals surface area contributed by atoms with Crippen molar-refractivity contribution in [2.75, 3.05) is 13.1 Å². The van der Waals surface area contributed by atoms with Crippen LogP contribution in [0.4, 0.5) is 0 Å². The van der Waals surface area contributed by atoms with Crippen LogP contribution in [-0.2, 0) is 13.0 Å². The van der Waals surface area contributed by atoms with Crippen LogP contribution < -0.4 is 10.1 Å². The van der Waals surface area contributed by atoms with Crippen LogP contribution >= 0.6 is 15.9 Å². The molecular weight excluding hydrogens is 326 g/mol. The molecule has 3 heteroatoms. The minimum absolute atomic E-state index is 0.594. The molecule has 0 radical (unpaired) electrons. The first-order chi connectivity index (χ1) is 10.3. The second-order valence-electron chi connectivity index (χ2n) is 5.04. The van der Waals surface area contributed by atoms with E-state index in [0.29, 0.717) is 6.61 Å². The number of hydrogen-bond acceptors (Lipinski definition) is 2.